The average molecular weight is 767 g/mol. The summed E-state index contributed by atoms with van der Waals surface area (Å²) in [5.74, 6) is 0. The largest absolute Gasteiger partial charge is 0.310 e. The zero-order valence-corrected chi connectivity index (χ0v) is 37.5. The van der Waals surface area contributed by atoms with E-state index in [1.54, 1.807) is 0 Å². The van der Waals surface area contributed by atoms with Crippen LogP contribution in [0.25, 0.3) is 88.4 Å². The fourth-order valence-electron chi connectivity index (χ4n) is 10.4. The molecule has 0 unspecified atom stereocenters. The predicted octanol–water partition coefficient (Wildman–Crippen LogP) is -6.28. The smallest absolute Gasteiger partial charge is 0.141 e. The van der Waals surface area contributed by atoms with Crippen molar-refractivity contribution in [1.29, 1.82) is 0 Å². The average Bonchev–Trinajstić information content (AvgIpc) is 3.80. The fourth-order valence-corrected chi connectivity index (χ4v) is 10.4. The maximum absolute atomic E-state index is 2.64. The van der Waals surface area contributed by atoms with Crippen molar-refractivity contribution in [2.24, 2.45) is 0 Å². The van der Waals surface area contributed by atoms with Gasteiger partial charge in [-0.15, -0.1) is 5.46 Å². The van der Waals surface area contributed by atoms with Crippen LogP contribution in [0.4, 0.5) is 0 Å². The van der Waals surface area contributed by atoms with Crippen molar-refractivity contribution in [2.75, 3.05) is 0 Å². The van der Waals surface area contributed by atoms with Crippen LogP contribution >= 0.6 is 0 Å². The first-order valence-electron chi connectivity index (χ1n) is 21.8. The monoisotopic (exact) mass is 768 g/mol. The summed E-state index contributed by atoms with van der Waals surface area (Å²) in [5, 5.41) is 5.37. The molecule has 0 atom stereocenters. The van der Waals surface area contributed by atoms with E-state index in [0.717, 1.165) is 0 Å². The zero-order chi connectivity index (χ0) is 42.6. The first-order valence-corrected chi connectivity index (χ1v) is 21.8. The van der Waals surface area contributed by atoms with Crippen LogP contribution in [0.1, 0.15) is 0 Å². The van der Waals surface area contributed by atoms with Crippen molar-refractivity contribution in [1.82, 2.24) is 9.13 Å². The number of fused-ring (bicyclic) bond motifs is 7. The first kappa shape index (κ1) is 39.2. The number of benzene rings is 8. The zero-order valence-electron chi connectivity index (χ0n) is 37.5. The normalized spacial score (nSPS) is 11.7. The SMILES string of the molecule is Bc1cccc(-c2cc(-c3cccc(B)c3)cc(-n3c4c(B)c(B)c(B)c(B)c4c4c5c6cc(B)c(B)c(B)c6n(-c6ccc(-c7ccccc7)cc6)c5c(B)c(B)c43)c2)c1. The molecule has 0 saturated carbocycles. The molecule has 13 heteroatoms. The Labute approximate surface area is 369 Å². The van der Waals surface area contributed by atoms with Gasteiger partial charge in [0, 0.05) is 55.0 Å². The van der Waals surface area contributed by atoms with Crippen LogP contribution in [-0.2, 0) is 0 Å². The molecule has 0 amide bonds. The number of aromatic nitrogens is 2. The molecule has 0 saturated heterocycles. The molecule has 0 aliphatic carbocycles. The second kappa shape index (κ2) is 14.6. The van der Waals surface area contributed by atoms with E-state index in [-0.39, 0.29) is 0 Å². The third-order valence-corrected chi connectivity index (χ3v) is 14.3. The van der Waals surface area contributed by atoms with Gasteiger partial charge in [-0.25, -0.2) is 0 Å². The van der Waals surface area contributed by atoms with Crippen LogP contribution in [-0.4, -0.2) is 95.4 Å². The molecule has 0 N–H and O–H groups in total. The highest BCUT2D eigenvalue weighted by molar-refractivity contribution is 6.69. The molecule has 10 aromatic rings. The van der Waals surface area contributed by atoms with Gasteiger partial charge in [-0.3, -0.25) is 0 Å². The summed E-state index contributed by atoms with van der Waals surface area (Å²) in [6.07, 6.45) is 0. The van der Waals surface area contributed by atoms with Gasteiger partial charge < -0.3 is 9.13 Å². The van der Waals surface area contributed by atoms with E-state index in [9.17, 15) is 0 Å². The molecule has 2 heterocycles. The van der Waals surface area contributed by atoms with Gasteiger partial charge in [0.25, 0.3) is 0 Å². The topological polar surface area (TPSA) is 9.86 Å². The van der Waals surface area contributed by atoms with Gasteiger partial charge in [-0.05, 0) is 63.7 Å². The molecular weight excluding hydrogens is 723 g/mol. The van der Waals surface area contributed by atoms with Gasteiger partial charge in [0.1, 0.15) is 86.3 Å². The standard InChI is InChI=1S/C48H43B11N2/c49-28-10-4-8-24(17-28)26-16-27(25-9-5-11-29(50)18-25)20-31(19-26)61-47-35(36-38(53)39(54)40(55)42(57)48(36)61)34-32-21-33(51)37(52)41(56)45(32)60(46(34)43(58)44(47)59)30-14-12-23(13-15-30)22-6-2-1-3-7-22/h1-21H,49-59H2. The van der Waals surface area contributed by atoms with E-state index in [2.05, 4.69) is 223 Å². The van der Waals surface area contributed by atoms with Crippen LogP contribution in [0.5, 0.6) is 0 Å². The van der Waals surface area contributed by atoms with Crippen molar-refractivity contribution in [3.8, 4) is 44.8 Å². The van der Waals surface area contributed by atoms with E-state index in [1.807, 2.05) is 0 Å². The van der Waals surface area contributed by atoms with Gasteiger partial charge in [0.2, 0.25) is 0 Å². The number of hydrogen-bond acceptors (Lipinski definition) is 0. The van der Waals surface area contributed by atoms with Crippen molar-refractivity contribution in [2.45, 2.75) is 0 Å². The van der Waals surface area contributed by atoms with E-state index in [1.165, 1.54) is 148 Å². The molecule has 278 valence electrons. The second-order valence-electron chi connectivity index (χ2n) is 17.9. The van der Waals surface area contributed by atoms with Crippen molar-refractivity contribution < 1.29 is 0 Å². The van der Waals surface area contributed by atoms with Crippen LogP contribution in [0.3, 0.4) is 0 Å². The van der Waals surface area contributed by atoms with Gasteiger partial charge in [-0.2, -0.15) is 0 Å². The minimum Gasteiger partial charge on any atom is -0.310 e. The molecule has 0 aliphatic rings. The van der Waals surface area contributed by atoms with Crippen molar-refractivity contribution in [3.63, 3.8) is 0 Å². The Hall–Kier alpha value is -5.93. The number of nitrogens with zero attached hydrogens (tertiary/aromatic N) is 2. The Bertz CT molecular complexity index is 3420. The minimum atomic E-state index is 1.19. The van der Waals surface area contributed by atoms with Crippen LogP contribution in [0.15, 0.2) is 127 Å². The third kappa shape index (κ3) is 6.02. The summed E-state index contributed by atoms with van der Waals surface area (Å²) in [6.45, 7) is 0. The highest BCUT2D eigenvalue weighted by atomic mass is 15.0. The molecule has 0 bridgehead atoms. The molecular formula is C48H43B11N2. The summed E-state index contributed by atoms with van der Waals surface area (Å²) in [6, 6.07) is 47.6. The fraction of sp³-hybridized carbons (Fsp3) is 0. The Kier molecular flexibility index (Phi) is 9.40. The maximum Gasteiger partial charge on any atom is 0.141 e. The highest BCUT2D eigenvalue weighted by Gasteiger charge is 2.28. The lowest BCUT2D eigenvalue weighted by molar-refractivity contribution is 1.19. The molecule has 0 aliphatic heterocycles. The Morgan fingerprint density at radius 1 is 0.279 bits per heavy atom. The van der Waals surface area contributed by atoms with E-state index in [0.29, 0.717) is 0 Å². The van der Waals surface area contributed by atoms with Gasteiger partial charge in [-0.1, -0.05) is 152 Å². The minimum absolute atomic E-state index is 1.19. The van der Waals surface area contributed by atoms with Gasteiger partial charge >= 0.3 is 0 Å². The second-order valence-corrected chi connectivity index (χ2v) is 17.9. The molecule has 10 rings (SSSR count). The van der Waals surface area contributed by atoms with E-state index < -0.39 is 0 Å². The summed E-state index contributed by atoms with van der Waals surface area (Å²) >= 11 is 0. The lowest BCUT2D eigenvalue weighted by atomic mass is 9.65. The van der Waals surface area contributed by atoms with Crippen molar-refractivity contribution in [3.05, 3.63) is 127 Å². The summed E-state index contributed by atoms with van der Waals surface area (Å²) in [5.41, 5.74) is 29.5. The van der Waals surface area contributed by atoms with E-state index in [4.69, 9.17) is 0 Å². The number of rotatable bonds is 5. The Morgan fingerprint density at radius 3 is 1.34 bits per heavy atom. The van der Waals surface area contributed by atoms with Crippen LogP contribution < -0.4 is 60.1 Å². The summed E-state index contributed by atoms with van der Waals surface area (Å²) < 4.78 is 5.23. The third-order valence-electron chi connectivity index (χ3n) is 14.3. The lowest BCUT2D eigenvalue weighted by Gasteiger charge is -2.19. The van der Waals surface area contributed by atoms with Crippen LogP contribution in [0, 0.1) is 0 Å². The Morgan fingerprint density at radius 2 is 0.754 bits per heavy atom. The van der Waals surface area contributed by atoms with E-state index >= 15 is 0 Å². The maximum atomic E-state index is 2.64. The first-order chi connectivity index (χ1) is 29.3. The lowest BCUT2D eigenvalue weighted by Crippen LogP contribution is -2.48. The molecule has 8 aromatic carbocycles. The summed E-state index contributed by atoms with van der Waals surface area (Å²) in [7, 11) is 25.4. The number of hydrogen-bond donors (Lipinski definition) is 0. The molecule has 61 heavy (non-hydrogen) atoms. The quantitative estimate of drug-likeness (QED) is 0.155. The van der Waals surface area contributed by atoms with Gasteiger partial charge in [0.15, 0.2) is 0 Å². The Balaban J connectivity index is 1.41. The highest BCUT2D eigenvalue weighted by Crippen LogP contribution is 2.40. The predicted molar refractivity (Wildman–Crippen MR) is 301 cm³/mol. The van der Waals surface area contributed by atoms with Crippen LogP contribution in [0.2, 0.25) is 0 Å². The molecule has 0 fully saturated rings. The van der Waals surface area contributed by atoms with Gasteiger partial charge in [0.05, 0.1) is 0 Å². The summed E-state index contributed by atoms with van der Waals surface area (Å²) in [4.78, 5) is 0. The molecule has 0 radical (unpaired) electrons. The molecule has 2 aromatic heterocycles. The molecule has 0 spiro atoms. The van der Waals surface area contributed by atoms with Crippen molar-refractivity contribution >= 4 is 190 Å². The molecule has 2 nitrogen and oxygen atoms in total.